The number of nitrogens with zero attached hydrogens (tertiary/aromatic N) is 2. The van der Waals surface area contributed by atoms with E-state index in [4.69, 9.17) is 4.74 Å². The molecule has 0 aromatic heterocycles. The number of likely N-dealkylation sites (tertiary alicyclic amines) is 1. The Morgan fingerprint density at radius 1 is 0.879 bits per heavy atom. The summed E-state index contributed by atoms with van der Waals surface area (Å²) in [6, 6.07) is 0. The summed E-state index contributed by atoms with van der Waals surface area (Å²) in [6.45, 7) is 5.86. The van der Waals surface area contributed by atoms with Gasteiger partial charge in [0.15, 0.2) is 0 Å². The maximum absolute atomic E-state index is 13.0. The minimum atomic E-state index is -0.384. The molecule has 1 N–H and O–H groups in total. The van der Waals surface area contributed by atoms with Gasteiger partial charge in [-0.3, -0.25) is 19.2 Å². The van der Waals surface area contributed by atoms with E-state index in [0.29, 0.717) is 56.4 Å². The van der Waals surface area contributed by atoms with Gasteiger partial charge in [0.2, 0.25) is 5.91 Å². The van der Waals surface area contributed by atoms with Crippen LogP contribution in [-0.2, 0) is 14.3 Å². The van der Waals surface area contributed by atoms with Crippen LogP contribution >= 0.6 is 0 Å². The second kappa shape index (κ2) is 10.7. The molecule has 1 saturated carbocycles. The number of anilines is 2. The molecule has 3 fully saturated rings. The maximum atomic E-state index is 13.0. The molecule has 0 spiro atoms. The number of hydrogen-bond donors (Lipinski definition) is 1. The van der Waals surface area contributed by atoms with Gasteiger partial charge in [0, 0.05) is 38.6 Å². The molecule has 0 bridgehead atoms. The van der Waals surface area contributed by atoms with Gasteiger partial charge in [-0.15, -0.1) is 0 Å². The third kappa shape index (κ3) is 5.25. The molecule has 1 aromatic rings. The number of hydrogen-bond acceptors (Lipinski definition) is 7. The van der Waals surface area contributed by atoms with Crippen molar-refractivity contribution in [3.05, 3.63) is 20.4 Å². The monoisotopic (exact) mass is 459 g/mol. The Kier molecular flexibility index (Phi) is 7.71. The lowest BCUT2D eigenvalue weighted by Gasteiger charge is -2.36. The van der Waals surface area contributed by atoms with Crippen LogP contribution in [0.2, 0.25) is 0 Å². The number of piperidine rings is 2. The van der Waals surface area contributed by atoms with E-state index >= 15 is 0 Å². The number of esters is 1. The van der Waals surface area contributed by atoms with Crippen LogP contribution in [0.4, 0.5) is 11.4 Å². The Hall–Kier alpha value is -2.38. The van der Waals surface area contributed by atoms with Crippen molar-refractivity contribution < 1.29 is 14.3 Å². The standard InChI is InChI=1S/C25H37N3O5/c1-2-33-25(32)19-10-14-28(15-11-19)24(31)18-8-6-17(7-9-18)16-26-20-21(23(30)22(20)29)27-12-4-3-5-13-27/h17-19,26H,2-16H2,1H3. The molecule has 2 aliphatic heterocycles. The maximum Gasteiger partial charge on any atom is 0.309 e. The highest BCUT2D eigenvalue weighted by Gasteiger charge is 2.34. The number of rotatable bonds is 7. The lowest BCUT2D eigenvalue weighted by atomic mass is 9.81. The van der Waals surface area contributed by atoms with Gasteiger partial charge < -0.3 is 19.9 Å². The lowest BCUT2D eigenvalue weighted by Crippen LogP contribution is -2.45. The quantitative estimate of drug-likeness (QED) is 0.494. The Labute approximate surface area is 195 Å². The average Bonchev–Trinajstić information content (AvgIpc) is 2.86. The summed E-state index contributed by atoms with van der Waals surface area (Å²) in [5, 5.41) is 3.28. The molecular weight excluding hydrogens is 422 g/mol. The summed E-state index contributed by atoms with van der Waals surface area (Å²) in [6.07, 6.45) is 8.28. The van der Waals surface area contributed by atoms with Crippen LogP contribution in [0, 0.1) is 17.8 Å². The summed E-state index contributed by atoms with van der Waals surface area (Å²) < 4.78 is 5.12. The smallest absolute Gasteiger partial charge is 0.309 e. The third-order valence-electron chi connectivity index (χ3n) is 7.75. The predicted molar refractivity (Wildman–Crippen MR) is 127 cm³/mol. The van der Waals surface area contributed by atoms with Gasteiger partial charge in [-0.1, -0.05) is 0 Å². The molecule has 1 aliphatic carbocycles. The first kappa shape index (κ1) is 23.8. The first-order valence-corrected chi connectivity index (χ1v) is 12.8. The Balaban J connectivity index is 1.21. The highest BCUT2D eigenvalue weighted by molar-refractivity contribution is 5.80. The zero-order chi connectivity index (χ0) is 23.4. The predicted octanol–water partition coefficient (Wildman–Crippen LogP) is 2.29. The fraction of sp³-hybridized carbons (Fsp3) is 0.760. The number of nitrogens with one attached hydrogen (secondary N) is 1. The summed E-state index contributed by atoms with van der Waals surface area (Å²) in [5.74, 6) is 0.458. The van der Waals surface area contributed by atoms with E-state index in [1.807, 2.05) is 11.8 Å². The van der Waals surface area contributed by atoms with Gasteiger partial charge in [0.1, 0.15) is 11.4 Å². The molecule has 0 radical (unpaired) electrons. The van der Waals surface area contributed by atoms with Crippen LogP contribution in [0.3, 0.4) is 0 Å². The lowest BCUT2D eigenvalue weighted by molar-refractivity contribution is -0.152. The first-order valence-electron chi connectivity index (χ1n) is 12.8. The summed E-state index contributed by atoms with van der Waals surface area (Å²) in [4.78, 5) is 53.1. The largest absolute Gasteiger partial charge is 0.466 e. The van der Waals surface area contributed by atoms with E-state index in [2.05, 4.69) is 10.2 Å². The molecule has 3 aliphatic rings. The van der Waals surface area contributed by atoms with E-state index in [0.717, 1.165) is 51.6 Å². The Bertz CT molecular complexity index is 900. The van der Waals surface area contributed by atoms with E-state index in [9.17, 15) is 19.2 Å². The molecular formula is C25H37N3O5. The Morgan fingerprint density at radius 2 is 1.55 bits per heavy atom. The van der Waals surface area contributed by atoms with Crippen LogP contribution in [0.1, 0.15) is 64.7 Å². The summed E-state index contributed by atoms with van der Waals surface area (Å²) in [5.41, 5.74) is 0.366. The van der Waals surface area contributed by atoms with Crippen LogP contribution in [0.25, 0.3) is 0 Å². The molecule has 1 amide bonds. The number of amides is 1. The van der Waals surface area contributed by atoms with Crippen molar-refractivity contribution >= 4 is 23.3 Å². The average molecular weight is 460 g/mol. The van der Waals surface area contributed by atoms with E-state index in [-0.39, 0.29) is 34.6 Å². The van der Waals surface area contributed by atoms with Crippen molar-refractivity contribution in [1.82, 2.24) is 4.90 Å². The molecule has 8 heteroatoms. The van der Waals surface area contributed by atoms with Crippen molar-refractivity contribution in [2.75, 3.05) is 49.5 Å². The minimum absolute atomic E-state index is 0.0513. The zero-order valence-electron chi connectivity index (χ0n) is 19.8. The van der Waals surface area contributed by atoms with Crippen molar-refractivity contribution in [1.29, 1.82) is 0 Å². The highest BCUT2D eigenvalue weighted by Crippen LogP contribution is 2.32. The van der Waals surface area contributed by atoms with Crippen LogP contribution in [0.5, 0.6) is 0 Å². The summed E-state index contributed by atoms with van der Waals surface area (Å²) in [7, 11) is 0. The molecule has 2 heterocycles. The van der Waals surface area contributed by atoms with Gasteiger partial charge in [-0.2, -0.15) is 0 Å². The second-order valence-electron chi connectivity index (χ2n) is 9.88. The van der Waals surface area contributed by atoms with Gasteiger partial charge in [0.25, 0.3) is 10.9 Å². The highest BCUT2D eigenvalue weighted by atomic mass is 16.5. The number of ether oxygens (including phenoxy) is 1. The molecule has 33 heavy (non-hydrogen) atoms. The van der Waals surface area contributed by atoms with Gasteiger partial charge >= 0.3 is 5.97 Å². The van der Waals surface area contributed by atoms with Gasteiger partial charge in [-0.05, 0) is 70.6 Å². The van der Waals surface area contributed by atoms with Crippen molar-refractivity contribution in [3.8, 4) is 0 Å². The molecule has 1 aromatic carbocycles. The number of carbonyl (C=O) groups is 2. The van der Waals surface area contributed by atoms with Gasteiger partial charge in [-0.25, -0.2) is 0 Å². The first-order chi connectivity index (χ1) is 16.0. The molecule has 0 atom stereocenters. The molecule has 2 saturated heterocycles. The Morgan fingerprint density at radius 3 is 2.18 bits per heavy atom. The van der Waals surface area contributed by atoms with Crippen LogP contribution in [-0.4, -0.2) is 56.1 Å². The number of carbonyl (C=O) groups excluding carboxylic acids is 2. The zero-order valence-corrected chi connectivity index (χ0v) is 19.8. The topological polar surface area (TPSA) is 96.0 Å². The molecule has 182 valence electrons. The fourth-order valence-corrected chi connectivity index (χ4v) is 5.68. The van der Waals surface area contributed by atoms with E-state index in [1.54, 1.807) is 0 Å². The van der Waals surface area contributed by atoms with Crippen molar-refractivity contribution in [2.24, 2.45) is 17.8 Å². The van der Waals surface area contributed by atoms with Crippen molar-refractivity contribution in [3.63, 3.8) is 0 Å². The summed E-state index contributed by atoms with van der Waals surface area (Å²) >= 11 is 0. The van der Waals surface area contributed by atoms with E-state index < -0.39 is 0 Å². The fourth-order valence-electron chi connectivity index (χ4n) is 5.68. The normalized spacial score (nSPS) is 24.6. The minimum Gasteiger partial charge on any atom is -0.466 e. The molecule has 8 nitrogen and oxygen atoms in total. The van der Waals surface area contributed by atoms with E-state index in [1.165, 1.54) is 6.42 Å². The second-order valence-corrected chi connectivity index (χ2v) is 9.88. The third-order valence-corrected chi connectivity index (χ3v) is 7.75. The van der Waals surface area contributed by atoms with Gasteiger partial charge in [0.05, 0.1) is 12.5 Å². The van der Waals surface area contributed by atoms with Crippen LogP contribution < -0.4 is 21.1 Å². The molecule has 4 rings (SSSR count). The SMILES string of the molecule is CCOC(=O)C1CCN(C(=O)C2CCC(CNc3c(N4CCCCC4)c(=O)c3=O)CC2)CC1. The molecule has 0 unspecified atom stereocenters. The van der Waals surface area contributed by atoms with Crippen LogP contribution in [0.15, 0.2) is 9.59 Å². The van der Waals surface area contributed by atoms with Crippen molar-refractivity contribution in [2.45, 2.75) is 64.7 Å².